The topological polar surface area (TPSA) is 75.7 Å². The van der Waals surface area contributed by atoms with Gasteiger partial charge in [-0.1, -0.05) is 66.7 Å². The summed E-state index contributed by atoms with van der Waals surface area (Å²) >= 11 is 14.9. The fourth-order valence-corrected chi connectivity index (χ4v) is 7.76. The van der Waals surface area contributed by atoms with Crippen LogP contribution in [0.25, 0.3) is 0 Å². The van der Waals surface area contributed by atoms with Crippen molar-refractivity contribution in [3.8, 4) is 11.5 Å². The van der Waals surface area contributed by atoms with Crippen molar-refractivity contribution in [1.29, 1.82) is 0 Å². The first-order valence-corrected chi connectivity index (χ1v) is 14.1. The Labute approximate surface area is 246 Å². The maximum absolute atomic E-state index is 14.1. The standard InChI is InChI=1S/C33H24Cl2N2O4/c1-19(29(38)36-20-15-17-22(18-16-20)41-21-9-3-2-4-10-21)37-30(39)27-28(31(37)40)33(35)24-12-6-5-11-23(24)32(27,34)25-13-7-8-14-26(25)33/h2-19,27-28H,1H3,(H,36,38)/t19-,27-,28+,32?,33?/m0/s1. The summed E-state index contributed by atoms with van der Waals surface area (Å²) in [4.78, 5) is 40.0. The minimum Gasteiger partial charge on any atom is -0.457 e. The van der Waals surface area contributed by atoms with Gasteiger partial charge in [-0.25, -0.2) is 0 Å². The summed E-state index contributed by atoms with van der Waals surface area (Å²) in [5, 5.41) is 2.82. The lowest BCUT2D eigenvalue weighted by molar-refractivity contribution is -0.146. The molecule has 2 bridgehead atoms. The fourth-order valence-electron chi connectivity index (χ4n) is 6.67. The third-order valence-corrected chi connectivity index (χ3v) is 9.77. The lowest BCUT2D eigenvalue weighted by atomic mass is 9.54. The Morgan fingerprint density at radius 3 is 1.59 bits per heavy atom. The van der Waals surface area contributed by atoms with Gasteiger partial charge in [0, 0.05) is 5.69 Å². The van der Waals surface area contributed by atoms with Gasteiger partial charge in [-0.3, -0.25) is 19.3 Å². The third kappa shape index (κ3) is 3.54. The second-order valence-corrected chi connectivity index (χ2v) is 11.8. The van der Waals surface area contributed by atoms with Crippen molar-refractivity contribution in [1.82, 2.24) is 4.90 Å². The maximum Gasteiger partial charge on any atom is 0.247 e. The molecule has 4 aromatic rings. The van der Waals surface area contributed by atoms with Crippen LogP contribution < -0.4 is 10.1 Å². The first kappa shape index (κ1) is 25.8. The second-order valence-electron chi connectivity index (χ2n) is 10.6. The van der Waals surface area contributed by atoms with Crippen molar-refractivity contribution in [2.24, 2.45) is 11.8 Å². The molecule has 1 N–H and O–H groups in total. The maximum atomic E-state index is 14.1. The molecule has 1 fully saturated rings. The summed E-state index contributed by atoms with van der Waals surface area (Å²) in [6, 6.07) is 30.0. The Bertz CT molecular complexity index is 1600. The van der Waals surface area contributed by atoms with Crippen molar-refractivity contribution in [2.75, 3.05) is 5.32 Å². The summed E-state index contributed by atoms with van der Waals surface area (Å²) < 4.78 is 5.81. The molecule has 6 nitrogen and oxygen atoms in total. The van der Waals surface area contributed by atoms with Crippen LogP contribution in [0.3, 0.4) is 0 Å². The van der Waals surface area contributed by atoms with Crippen LogP contribution in [0.5, 0.6) is 11.5 Å². The number of benzene rings is 4. The van der Waals surface area contributed by atoms with Crippen molar-refractivity contribution < 1.29 is 19.1 Å². The van der Waals surface area contributed by atoms with Crippen LogP contribution in [0.15, 0.2) is 103 Å². The molecular weight excluding hydrogens is 559 g/mol. The molecule has 0 unspecified atom stereocenters. The first-order valence-electron chi connectivity index (χ1n) is 13.3. The second kappa shape index (κ2) is 9.20. The van der Waals surface area contributed by atoms with Gasteiger partial charge in [0.2, 0.25) is 17.7 Å². The number of hydrogen-bond acceptors (Lipinski definition) is 4. The van der Waals surface area contributed by atoms with Gasteiger partial charge in [0.25, 0.3) is 0 Å². The fraction of sp³-hybridized carbons (Fsp3) is 0.182. The number of nitrogens with zero attached hydrogens (tertiary/aromatic N) is 1. The number of hydrogen-bond donors (Lipinski definition) is 1. The molecule has 0 aromatic heterocycles. The molecular formula is C33H24Cl2N2O4. The lowest BCUT2D eigenvalue weighted by Crippen LogP contribution is -2.57. The van der Waals surface area contributed by atoms with Gasteiger partial charge in [-0.2, -0.15) is 0 Å². The minimum atomic E-state index is -1.29. The highest BCUT2D eigenvalue weighted by molar-refractivity contribution is 6.36. The minimum absolute atomic E-state index is 0.501. The van der Waals surface area contributed by atoms with Gasteiger partial charge in [0.15, 0.2) is 0 Å². The quantitative estimate of drug-likeness (QED) is 0.218. The van der Waals surface area contributed by atoms with Crippen LogP contribution >= 0.6 is 23.2 Å². The SMILES string of the molecule is C[C@@H](C(=O)Nc1ccc(Oc2ccccc2)cc1)N1C(=O)[C@@H]2[C@H](C1=O)C1(Cl)c3ccccc3C2(Cl)c2ccccc21. The number of imide groups is 1. The number of anilines is 1. The number of carbonyl (C=O) groups excluding carboxylic acids is 3. The number of amides is 3. The van der Waals surface area contributed by atoms with E-state index < -0.39 is 45.3 Å². The summed E-state index contributed by atoms with van der Waals surface area (Å²) in [6.07, 6.45) is 0. The summed E-state index contributed by atoms with van der Waals surface area (Å²) in [5.74, 6) is -2.12. The molecule has 1 saturated heterocycles. The molecule has 3 amide bonds. The molecule has 0 spiro atoms. The Balaban J connectivity index is 1.18. The smallest absolute Gasteiger partial charge is 0.247 e. The predicted octanol–water partition coefficient (Wildman–Crippen LogP) is 6.40. The molecule has 8 rings (SSSR count). The number of rotatable bonds is 5. The molecule has 0 saturated carbocycles. The highest BCUT2D eigenvalue weighted by Gasteiger charge is 2.73. The average molecular weight is 583 g/mol. The van der Waals surface area contributed by atoms with E-state index in [0.717, 1.165) is 27.2 Å². The zero-order valence-electron chi connectivity index (χ0n) is 21.9. The van der Waals surface area contributed by atoms with E-state index in [4.69, 9.17) is 27.9 Å². The van der Waals surface area contributed by atoms with Crippen LogP contribution in [0.1, 0.15) is 29.2 Å². The van der Waals surface area contributed by atoms with E-state index in [9.17, 15) is 14.4 Å². The van der Waals surface area contributed by atoms with Crippen molar-refractivity contribution in [2.45, 2.75) is 22.7 Å². The zero-order chi connectivity index (χ0) is 28.5. The molecule has 0 radical (unpaired) electrons. The molecule has 3 atom stereocenters. The van der Waals surface area contributed by atoms with Gasteiger partial charge in [-0.15, -0.1) is 23.2 Å². The average Bonchev–Trinajstić information content (AvgIpc) is 3.27. The lowest BCUT2D eigenvalue weighted by Gasteiger charge is -2.54. The van der Waals surface area contributed by atoms with Gasteiger partial charge in [-0.05, 0) is 65.6 Å². The van der Waals surface area contributed by atoms with Crippen LogP contribution in [0.2, 0.25) is 0 Å². The molecule has 8 heteroatoms. The molecule has 204 valence electrons. The van der Waals surface area contributed by atoms with Crippen LogP contribution in [0.4, 0.5) is 5.69 Å². The van der Waals surface area contributed by atoms with Crippen LogP contribution in [-0.2, 0) is 24.1 Å². The number of halogens is 2. The van der Waals surface area contributed by atoms with Crippen LogP contribution in [-0.4, -0.2) is 28.7 Å². The van der Waals surface area contributed by atoms with Crippen molar-refractivity contribution in [3.63, 3.8) is 0 Å². The number of alkyl halides is 2. The summed E-state index contributed by atoms with van der Waals surface area (Å²) in [5.41, 5.74) is 3.37. The van der Waals surface area contributed by atoms with E-state index in [-0.39, 0.29) is 0 Å². The summed E-state index contributed by atoms with van der Waals surface area (Å²) in [6.45, 7) is 1.54. The van der Waals surface area contributed by atoms with Gasteiger partial charge in [0.1, 0.15) is 27.3 Å². The van der Waals surface area contributed by atoms with E-state index in [2.05, 4.69) is 5.32 Å². The van der Waals surface area contributed by atoms with E-state index >= 15 is 0 Å². The number of likely N-dealkylation sites (tertiary alicyclic amines) is 1. The van der Waals surface area contributed by atoms with E-state index in [1.54, 1.807) is 31.2 Å². The Hall–Kier alpha value is -4.13. The first-order chi connectivity index (χ1) is 19.8. The Morgan fingerprint density at radius 1 is 0.707 bits per heavy atom. The van der Waals surface area contributed by atoms with Crippen molar-refractivity contribution >= 4 is 46.6 Å². The molecule has 3 aliphatic carbocycles. The van der Waals surface area contributed by atoms with E-state index in [0.29, 0.717) is 17.2 Å². The number of para-hydroxylation sites is 1. The van der Waals surface area contributed by atoms with Gasteiger partial charge < -0.3 is 10.1 Å². The number of ether oxygens (including phenoxy) is 1. The van der Waals surface area contributed by atoms with E-state index in [1.165, 1.54) is 0 Å². The zero-order valence-corrected chi connectivity index (χ0v) is 23.4. The molecule has 41 heavy (non-hydrogen) atoms. The largest absolute Gasteiger partial charge is 0.457 e. The highest BCUT2D eigenvalue weighted by Crippen LogP contribution is 2.69. The Kier molecular flexibility index (Phi) is 5.79. The number of carbonyl (C=O) groups is 3. The highest BCUT2D eigenvalue weighted by atomic mass is 35.5. The monoisotopic (exact) mass is 582 g/mol. The van der Waals surface area contributed by atoms with E-state index in [1.807, 2.05) is 78.9 Å². The number of nitrogens with one attached hydrogen (secondary N) is 1. The van der Waals surface area contributed by atoms with Gasteiger partial charge >= 0.3 is 0 Å². The van der Waals surface area contributed by atoms with Crippen molar-refractivity contribution in [3.05, 3.63) is 125 Å². The van der Waals surface area contributed by atoms with Gasteiger partial charge in [0.05, 0.1) is 11.8 Å². The molecule has 1 heterocycles. The Morgan fingerprint density at radius 2 is 1.12 bits per heavy atom. The molecule has 4 aromatic carbocycles. The summed E-state index contributed by atoms with van der Waals surface area (Å²) in [7, 11) is 0. The predicted molar refractivity (Wildman–Crippen MR) is 156 cm³/mol. The third-order valence-electron chi connectivity index (χ3n) is 8.49. The normalized spacial score (nSPS) is 26.2. The van der Waals surface area contributed by atoms with Crippen LogP contribution in [0, 0.1) is 11.8 Å². The molecule has 1 aliphatic heterocycles. The molecule has 4 aliphatic rings.